The van der Waals surface area contributed by atoms with Crippen LogP contribution in [-0.4, -0.2) is 46.0 Å². The molecule has 102 valence electrons. The van der Waals surface area contributed by atoms with Gasteiger partial charge in [0.25, 0.3) is 0 Å². The molecular weight excluding hydrogens is 252 g/mol. The van der Waals surface area contributed by atoms with Crippen molar-refractivity contribution in [3.8, 4) is 6.01 Å². The fourth-order valence-corrected chi connectivity index (χ4v) is 1.64. The van der Waals surface area contributed by atoms with Crippen LogP contribution >= 0.6 is 0 Å². The second-order valence-corrected chi connectivity index (χ2v) is 3.93. The van der Waals surface area contributed by atoms with Crippen molar-refractivity contribution in [2.75, 3.05) is 23.8 Å². The van der Waals surface area contributed by atoms with Gasteiger partial charge in [-0.3, -0.25) is 14.9 Å². The minimum atomic E-state index is -0.575. The van der Waals surface area contributed by atoms with Gasteiger partial charge in [0.15, 0.2) is 0 Å². The number of nitrogen functional groups attached to an aromatic ring is 1. The number of nitrogens with zero attached hydrogens (tertiary/aromatic N) is 4. The van der Waals surface area contributed by atoms with Crippen LogP contribution < -0.4 is 20.7 Å². The second-order valence-electron chi connectivity index (χ2n) is 3.93. The molecule has 1 aromatic rings. The van der Waals surface area contributed by atoms with Crippen LogP contribution in [0.1, 0.15) is 13.8 Å². The lowest BCUT2D eigenvalue weighted by Gasteiger charge is -2.31. The third-order valence-electron chi connectivity index (χ3n) is 2.57. The molecule has 0 aromatic carbocycles. The lowest BCUT2D eigenvalue weighted by atomic mass is 10.2. The number of carbonyl (C=O) groups is 2. The predicted octanol–water partition coefficient (Wildman–Crippen LogP) is -1.30. The smallest absolute Gasteiger partial charge is 0.323 e. The fraction of sp³-hybridized carbons (Fsp3) is 0.500. The van der Waals surface area contributed by atoms with Gasteiger partial charge in [-0.1, -0.05) is 0 Å². The van der Waals surface area contributed by atoms with Gasteiger partial charge < -0.3 is 15.4 Å². The molecule has 0 saturated carbocycles. The molecule has 1 aliphatic rings. The lowest BCUT2D eigenvalue weighted by molar-refractivity contribution is -0.132. The van der Waals surface area contributed by atoms with Gasteiger partial charge in [0.05, 0.1) is 6.61 Å². The molecule has 9 nitrogen and oxygen atoms in total. The maximum Gasteiger partial charge on any atom is 0.323 e. The molecule has 19 heavy (non-hydrogen) atoms. The Morgan fingerprint density at radius 1 is 1.42 bits per heavy atom. The first kappa shape index (κ1) is 13.0. The summed E-state index contributed by atoms with van der Waals surface area (Å²) in [6.07, 6.45) is 0. The van der Waals surface area contributed by atoms with Gasteiger partial charge in [-0.25, -0.2) is 0 Å². The number of piperazine rings is 1. The zero-order valence-corrected chi connectivity index (χ0v) is 10.6. The van der Waals surface area contributed by atoms with Crippen molar-refractivity contribution in [1.29, 1.82) is 0 Å². The Balaban J connectivity index is 2.34. The van der Waals surface area contributed by atoms with Gasteiger partial charge in [0.1, 0.15) is 12.6 Å². The van der Waals surface area contributed by atoms with Crippen LogP contribution in [0.5, 0.6) is 6.01 Å². The van der Waals surface area contributed by atoms with E-state index in [2.05, 4.69) is 20.3 Å². The summed E-state index contributed by atoms with van der Waals surface area (Å²) in [7, 11) is 0. The minimum Gasteiger partial charge on any atom is -0.464 e. The molecule has 0 bridgehead atoms. The normalized spacial score (nSPS) is 19.3. The Morgan fingerprint density at radius 2 is 2.16 bits per heavy atom. The summed E-state index contributed by atoms with van der Waals surface area (Å²) in [5.41, 5.74) is 5.56. The van der Waals surface area contributed by atoms with Crippen molar-refractivity contribution < 1.29 is 14.3 Å². The van der Waals surface area contributed by atoms with Crippen LogP contribution in [0.15, 0.2) is 0 Å². The van der Waals surface area contributed by atoms with Crippen LogP contribution in [0.25, 0.3) is 0 Å². The molecule has 1 saturated heterocycles. The van der Waals surface area contributed by atoms with E-state index in [1.165, 1.54) is 4.90 Å². The number of aromatic nitrogens is 3. The molecule has 1 unspecified atom stereocenters. The van der Waals surface area contributed by atoms with Crippen molar-refractivity contribution in [1.82, 2.24) is 20.3 Å². The molecule has 0 spiro atoms. The number of hydrogen-bond donors (Lipinski definition) is 2. The highest BCUT2D eigenvalue weighted by Crippen LogP contribution is 2.17. The zero-order chi connectivity index (χ0) is 14.0. The summed E-state index contributed by atoms with van der Waals surface area (Å²) in [5.74, 6) is -0.709. The van der Waals surface area contributed by atoms with E-state index >= 15 is 0 Å². The number of nitrogens with two attached hydrogens (primary N) is 1. The topological polar surface area (TPSA) is 123 Å². The highest BCUT2D eigenvalue weighted by Gasteiger charge is 2.32. The van der Waals surface area contributed by atoms with Crippen LogP contribution in [0.3, 0.4) is 0 Å². The van der Waals surface area contributed by atoms with E-state index < -0.39 is 17.9 Å². The second kappa shape index (κ2) is 5.04. The minimum absolute atomic E-state index is 0.0259. The van der Waals surface area contributed by atoms with E-state index in [9.17, 15) is 9.59 Å². The molecule has 2 rings (SSSR count). The Bertz CT molecular complexity index is 520. The Kier molecular flexibility index (Phi) is 3.45. The van der Waals surface area contributed by atoms with E-state index in [1.807, 2.05) is 0 Å². The SMILES string of the molecule is CCOc1nc(N)nc(N2CC(=O)NC(=O)C2C)n1. The number of hydrogen-bond acceptors (Lipinski definition) is 8. The number of ether oxygens (including phenoxy) is 1. The summed E-state index contributed by atoms with van der Waals surface area (Å²) in [5, 5.41) is 2.23. The van der Waals surface area contributed by atoms with Gasteiger partial charge in [0.2, 0.25) is 23.7 Å². The van der Waals surface area contributed by atoms with Crippen molar-refractivity contribution in [2.45, 2.75) is 19.9 Å². The molecule has 1 aliphatic heterocycles. The first-order valence-corrected chi connectivity index (χ1v) is 5.76. The van der Waals surface area contributed by atoms with E-state index in [1.54, 1.807) is 13.8 Å². The standard InChI is InChI=1S/C10H14N6O3/c1-3-19-10-14-8(11)13-9(15-10)16-4-6(17)12-7(18)5(16)2/h5H,3-4H2,1-2H3,(H,12,17,18)(H2,11,13,14,15). The van der Waals surface area contributed by atoms with Crippen molar-refractivity contribution >= 4 is 23.7 Å². The molecule has 9 heteroatoms. The summed E-state index contributed by atoms with van der Waals surface area (Å²) >= 11 is 0. The number of carbonyl (C=O) groups excluding carboxylic acids is 2. The molecule has 2 heterocycles. The largest absolute Gasteiger partial charge is 0.464 e. The molecule has 1 atom stereocenters. The fourth-order valence-electron chi connectivity index (χ4n) is 1.64. The third kappa shape index (κ3) is 2.69. The highest BCUT2D eigenvalue weighted by molar-refractivity contribution is 6.04. The van der Waals surface area contributed by atoms with E-state index in [0.717, 1.165) is 0 Å². The van der Waals surface area contributed by atoms with Crippen molar-refractivity contribution in [2.24, 2.45) is 0 Å². The number of nitrogens with one attached hydrogen (secondary N) is 1. The molecule has 0 radical (unpaired) electrons. The van der Waals surface area contributed by atoms with E-state index in [-0.39, 0.29) is 24.5 Å². The number of imide groups is 1. The Labute approximate surface area is 109 Å². The van der Waals surface area contributed by atoms with Crippen LogP contribution in [0.2, 0.25) is 0 Å². The highest BCUT2D eigenvalue weighted by atomic mass is 16.5. The number of amides is 2. The van der Waals surface area contributed by atoms with Crippen LogP contribution in [0, 0.1) is 0 Å². The van der Waals surface area contributed by atoms with Gasteiger partial charge in [-0.05, 0) is 13.8 Å². The molecular formula is C10H14N6O3. The van der Waals surface area contributed by atoms with Crippen molar-refractivity contribution in [3.63, 3.8) is 0 Å². The van der Waals surface area contributed by atoms with Crippen molar-refractivity contribution in [3.05, 3.63) is 0 Å². The molecule has 1 aromatic heterocycles. The lowest BCUT2D eigenvalue weighted by Crippen LogP contribution is -2.57. The van der Waals surface area contributed by atoms with Gasteiger partial charge in [-0.15, -0.1) is 0 Å². The summed E-state index contributed by atoms with van der Waals surface area (Å²) in [6, 6.07) is -0.510. The molecule has 0 aliphatic carbocycles. The first-order valence-electron chi connectivity index (χ1n) is 5.76. The quantitative estimate of drug-likeness (QED) is 0.647. The summed E-state index contributed by atoms with van der Waals surface area (Å²) in [4.78, 5) is 36.2. The van der Waals surface area contributed by atoms with Gasteiger partial charge in [-0.2, -0.15) is 15.0 Å². The summed E-state index contributed by atoms with van der Waals surface area (Å²) < 4.78 is 5.15. The van der Waals surface area contributed by atoms with Crippen LogP contribution in [0.4, 0.5) is 11.9 Å². The first-order chi connectivity index (χ1) is 9.01. The van der Waals surface area contributed by atoms with E-state index in [4.69, 9.17) is 10.5 Å². The Morgan fingerprint density at radius 3 is 2.84 bits per heavy atom. The average molecular weight is 266 g/mol. The Hall–Kier alpha value is -2.45. The monoisotopic (exact) mass is 266 g/mol. The van der Waals surface area contributed by atoms with Crippen LogP contribution in [-0.2, 0) is 9.59 Å². The molecule has 1 fully saturated rings. The zero-order valence-electron chi connectivity index (χ0n) is 10.6. The van der Waals surface area contributed by atoms with E-state index in [0.29, 0.717) is 6.61 Å². The third-order valence-corrected chi connectivity index (χ3v) is 2.57. The summed E-state index contributed by atoms with van der Waals surface area (Å²) in [6.45, 7) is 3.77. The molecule has 3 N–H and O–H groups in total. The maximum atomic E-state index is 11.6. The number of anilines is 2. The number of rotatable bonds is 3. The van der Waals surface area contributed by atoms with Gasteiger partial charge >= 0.3 is 6.01 Å². The molecule has 2 amide bonds. The predicted molar refractivity (Wildman–Crippen MR) is 65.4 cm³/mol. The maximum absolute atomic E-state index is 11.6. The van der Waals surface area contributed by atoms with Gasteiger partial charge in [0, 0.05) is 0 Å². The average Bonchev–Trinajstić information content (AvgIpc) is 2.33.